The first kappa shape index (κ1) is 14.0. The van der Waals surface area contributed by atoms with E-state index in [2.05, 4.69) is 50.2 Å². The highest BCUT2D eigenvalue weighted by Crippen LogP contribution is 2.13. The van der Waals surface area contributed by atoms with Crippen LogP contribution in [0.4, 0.5) is 5.69 Å². The number of rotatable bonds is 8. The molecular weight excluding hydrogens is 210 g/mol. The summed E-state index contributed by atoms with van der Waals surface area (Å²) in [4.78, 5) is 2.11. The van der Waals surface area contributed by atoms with Crippen LogP contribution in [-0.4, -0.2) is 20.7 Å². The van der Waals surface area contributed by atoms with E-state index in [4.69, 9.17) is 4.74 Å². The van der Waals surface area contributed by atoms with E-state index in [0.717, 1.165) is 13.2 Å². The van der Waals surface area contributed by atoms with E-state index >= 15 is 0 Å². The van der Waals surface area contributed by atoms with Crippen LogP contribution in [-0.2, 0) is 11.3 Å². The molecule has 0 aliphatic rings. The minimum atomic E-state index is 0.736. The SMILES string of the molecule is CCCCCCOCc1ccc(N(C)C)cc1. The Hall–Kier alpha value is -1.02. The molecule has 0 fully saturated rings. The zero-order valence-corrected chi connectivity index (χ0v) is 11.4. The second-order valence-corrected chi connectivity index (χ2v) is 4.67. The summed E-state index contributed by atoms with van der Waals surface area (Å²) in [5.74, 6) is 0. The summed E-state index contributed by atoms with van der Waals surface area (Å²) in [6.07, 6.45) is 5.08. The number of anilines is 1. The molecule has 96 valence electrons. The number of hydrogen-bond donors (Lipinski definition) is 0. The number of unbranched alkanes of at least 4 members (excludes halogenated alkanes) is 3. The predicted octanol–water partition coefficient (Wildman–Crippen LogP) is 3.85. The minimum Gasteiger partial charge on any atom is -0.378 e. The van der Waals surface area contributed by atoms with Gasteiger partial charge in [0.05, 0.1) is 6.61 Å². The van der Waals surface area contributed by atoms with E-state index < -0.39 is 0 Å². The van der Waals surface area contributed by atoms with Crippen molar-refractivity contribution in [2.24, 2.45) is 0 Å². The maximum Gasteiger partial charge on any atom is 0.0716 e. The number of ether oxygens (including phenoxy) is 1. The average molecular weight is 235 g/mol. The minimum absolute atomic E-state index is 0.736. The van der Waals surface area contributed by atoms with Gasteiger partial charge < -0.3 is 9.64 Å². The number of benzene rings is 1. The van der Waals surface area contributed by atoms with Crippen LogP contribution in [0.5, 0.6) is 0 Å². The highest BCUT2D eigenvalue weighted by atomic mass is 16.5. The standard InChI is InChI=1S/C15H25NO/c1-4-5-6-7-12-17-13-14-8-10-15(11-9-14)16(2)3/h8-11H,4-7,12-13H2,1-3H3. The fraction of sp³-hybridized carbons (Fsp3) is 0.600. The van der Waals surface area contributed by atoms with Gasteiger partial charge in [-0.1, -0.05) is 38.3 Å². The quantitative estimate of drug-likeness (QED) is 0.635. The van der Waals surface area contributed by atoms with Crippen LogP contribution in [0.15, 0.2) is 24.3 Å². The van der Waals surface area contributed by atoms with Gasteiger partial charge in [-0.05, 0) is 24.1 Å². The molecule has 0 spiro atoms. The van der Waals surface area contributed by atoms with E-state index in [1.807, 2.05) is 0 Å². The third kappa shape index (κ3) is 5.73. The summed E-state index contributed by atoms with van der Waals surface area (Å²) in [5.41, 5.74) is 2.49. The molecule has 0 aromatic heterocycles. The molecular formula is C15H25NO. The Bertz CT molecular complexity index is 292. The molecule has 0 unspecified atom stereocenters. The highest BCUT2D eigenvalue weighted by Gasteiger charge is 1.96. The molecule has 0 aliphatic heterocycles. The van der Waals surface area contributed by atoms with Crippen LogP contribution >= 0.6 is 0 Å². The molecule has 1 aromatic carbocycles. The summed E-state index contributed by atoms with van der Waals surface area (Å²) in [7, 11) is 4.11. The third-order valence-electron chi connectivity index (χ3n) is 2.86. The van der Waals surface area contributed by atoms with Gasteiger partial charge in [0.1, 0.15) is 0 Å². The summed E-state index contributed by atoms with van der Waals surface area (Å²) < 4.78 is 5.65. The van der Waals surface area contributed by atoms with Crippen molar-refractivity contribution in [1.29, 1.82) is 0 Å². The lowest BCUT2D eigenvalue weighted by molar-refractivity contribution is 0.117. The van der Waals surface area contributed by atoms with Crippen molar-refractivity contribution in [3.63, 3.8) is 0 Å². The maximum atomic E-state index is 5.65. The second kappa shape index (κ2) is 8.13. The maximum absolute atomic E-state index is 5.65. The number of nitrogens with zero attached hydrogens (tertiary/aromatic N) is 1. The van der Waals surface area contributed by atoms with Gasteiger partial charge in [0.15, 0.2) is 0 Å². The van der Waals surface area contributed by atoms with E-state index in [1.54, 1.807) is 0 Å². The van der Waals surface area contributed by atoms with Crippen molar-refractivity contribution in [1.82, 2.24) is 0 Å². The van der Waals surface area contributed by atoms with Crippen molar-refractivity contribution in [3.05, 3.63) is 29.8 Å². The Morgan fingerprint density at radius 3 is 2.29 bits per heavy atom. The molecule has 2 nitrogen and oxygen atoms in total. The molecule has 0 N–H and O–H groups in total. The fourth-order valence-corrected chi connectivity index (χ4v) is 1.71. The molecule has 0 amide bonds. The molecule has 0 atom stereocenters. The second-order valence-electron chi connectivity index (χ2n) is 4.67. The Labute approximate surface area is 106 Å². The van der Waals surface area contributed by atoms with Crippen molar-refractivity contribution in [2.75, 3.05) is 25.6 Å². The topological polar surface area (TPSA) is 12.5 Å². The number of hydrogen-bond acceptors (Lipinski definition) is 2. The Morgan fingerprint density at radius 2 is 1.71 bits per heavy atom. The van der Waals surface area contributed by atoms with Crippen molar-refractivity contribution < 1.29 is 4.74 Å². The van der Waals surface area contributed by atoms with Crippen molar-refractivity contribution in [2.45, 2.75) is 39.2 Å². The lowest BCUT2D eigenvalue weighted by atomic mass is 10.2. The summed E-state index contributed by atoms with van der Waals surface area (Å²) in [6.45, 7) is 3.85. The smallest absolute Gasteiger partial charge is 0.0716 e. The van der Waals surface area contributed by atoms with Crippen molar-refractivity contribution >= 4 is 5.69 Å². The molecule has 17 heavy (non-hydrogen) atoms. The molecule has 0 saturated carbocycles. The van der Waals surface area contributed by atoms with Gasteiger partial charge in [-0.3, -0.25) is 0 Å². The molecule has 0 radical (unpaired) electrons. The van der Waals surface area contributed by atoms with Crippen LogP contribution in [0.2, 0.25) is 0 Å². The first-order valence-corrected chi connectivity index (χ1v) is 6.58. The van der Waals surface area contributed by atoms with Crippen LogP contribution in [0.1, 0.15) is 38.2 Å². The van der Waals surface area contributed by atoms with Crippen LogP contribution in [0.3, 0.4) is 0 Å². The van der Waals surface area contributed by atoms with Gasteiger partial charge in [-0.2, -0.15) is 0 Å². The van der Waals surface area contributed by atoms with E-state index in [0.29, 0.717) is 0 Å². The fourth-order valence-electron chi connectivity index (χ4n) is 1.71. The first-order chi connectivity index (χ1) is 8.24. The monoisotopic (exact) mass is 235 g/mol. The Kier molecular flexibility index (Phi) is 6.71. The lowest BCUT2D eigenvalue weighted by Crippen LogP contribution is -2.08. The summed E-state index contributed by atoms with van der Waals surface area (Å²) in [6, 6.07) is 8.55. The molecule has 0 aliphatic carbocycles. The summed E-state index contributed by atoms with van der Waals surface area (Å²) in [5, 5.41) is 0. The van der Waals surface area contributed by atoms with Crippen LogP contribution < -0.4 is 4.90 Å². The van der Waals surface area contributed by atoms with Gasteiger partial charge in [0, 0.05) is 26.4 Å². The van der Waals surface area contributed by atoms with E-state index in [9.17, 15) is 0 Å². The first-order valence-electron chi connectivity index (χ1n) is 6.58. The predicted molar refractivity (Wildman–Crippen MR) is 74.6 cm³/mol. The van der Waals surface area contributed by atoms with E-state index in [-0.39, 0.29) is 0 Å². The molecule has 2 heteroatoms. The van der Waals surface area contributed by atoms with Gasteiger partial charge in [0.25, 0.3) is 0 Å². The van der Waals surface area contributed by atoms with E-state index in [1.165, 1.54) is 36.9 Å². The van der Waals surface area contributed by atoms with Gasteiger partial charge in [-0.15, -0.1) is 0 Å². The largest absolute Gasteiger partial charge is 0.378 e. The van der Waals surface area contributed by atoms with Gasteiger partial charge in [0.2, 0.25) is 0 Å². The third-order valence-corrected chi connectivity index (χ3v) is 2.86. The zero-order valence-electron chi connectivity index (χ0n) is 11.4. The highest BCUT2D eigenvalue weighted by molar-refractivity contribution is 5.45. The van der Waals surface area contributed by atoms with Gasteiger partial charge >= 0.3 is 0 Å². The Balaban J connectivity index is 2.19. The Morgan fingerprint density at radius 1 is 1.00 bits per heavy atom. The normalized spacial score (nSPS) is 10.5. The molecule has 1 aromatic rings. The molecule has 0 heterocycles. The molecule has 0 saturated heterocycles. The van der Waals surface area contributed by atoms with Gasteiger partial charge in [-0.25, -0.2) is 0 Å². The average Bonchev–Trinajstić information content (AvgIpc) is 2.34. The zero-order chi connectivity index (χ0) is 12.5. The van der Waals surface area contributed by atoms with Crippen LogP contribution in [0.25, 0.3) is 0 Å². The summed E-state index contributed by atoms with van der Waals surface area (Å²) >= 11 is 0. The lowest BCUT2D eigenvalue weighted by Gasteiger charge is -2.12. The molecule has 0 bridgehead atoms. The van der Waals surface area contributed by atoms with Crippen molar-refractivity contribution in [3.8, 4) is 0 Å². The van der Waals surface area contributed by atoms with Crippen LogP contribution in [0, 0.1) is 0 Å². The molecule has 1 rings (SSSR count).